The maximum absolute atomic E-state index is 13.4. The highest BCUT2D eigenvalue weighted by Crippen LogP contribution is 2.40. The van der Waals surface area contributed by atoms with Crippen LogP contribution in [0.5, 0.6) is 11.5 Å². The fraction of sp³-hybridized carbons (Fsp3) is 0.448. The van der Waals surface area contributed by atoms with Gasteiger partial charge in [0, 0.05) is 6.42 Å². The summed E-state index contributed by atoms with van der Waals surface area (Å²) < 4.78 is 62.5. The zero-order chi connectivity index (χ0) is 28.9. The third kappa shape index (κ3) is 7.18. The van der Waals surface area contributed by atoms with Crippen molar-refractivity contribution in [1.29, 1.82) is 0 Å². The van der Waals surface area contributed by atoms with E-state index in [1.165, 1.54) is 24.3 Å². The van der Waals surface area contributed by atoms with Crippen LogP contribution in [0.1, 0.15) is 69.9 Å². The topological polar surface area (TPSA) is 111 Å². The number of rotatable bonds is 13. The Morgan fingerprint density at radius 1 is 1.05 bits per heavy atom. The van der Waals surface area contributed by atoms with E-state index in [1.807, 2.05) is 29.0 Å². The molecule has 2 aliphatic rings. The Hall–Kier alpha value is -3.47. The van der Waals surface area contributed by atoms with Crippen molar-refractivity contribution in [3.05, 3.63) is 65.2 Å². The molecule has 1 fully saturated rings. The van der Waals surface area contributed by atoms with Gasteiger partial charge in [-0.3, -0.25) is 9.59 Å². The molecule has 2 N–H and O–H groups in total. The van der Waals surface area contributed by atoms with E-state index in [4.69, 9.17) is 4.74 Å². The van der Waals surface area contributed by atoms with Gasteiger partial charge in [0.2, 0.25) is 10.0 Å². The van der Waals surface area contributed by atoms with Crippen LogP contribution in [0.2, 0.25) is 0 Å². The van der Waals surface area contributed by atoms with Crippen molar-refractivity contribution in [3.63, 3.8) is 0 Å². The van der Waals surface area contributed by atoms with Gasteiger partial charge in [-0.25, -0.2) is 13.1 Å². The van der Waals surface area contributed by atoms with Crippen molar-refractivity contribution in [1.82, 2.24) is 10.0 Å². The molecular weight excluding hydrogens is 542 g/mol. The highest BCUT2D eigenvalue weighted by atomic mass is 32.2. The number of amides is 2. The second-order valence-electron chi connectivity index (χ2n) is 10.3. The molecule has 0 spiro atoms. The van der Waals surface area contributed by atoms with Gasteiger partial charge in [0.05, 0.1) is 17.4 Å². The fourth-order valence-electron chi connectivity index (χ4n) is 4.71. The van der Waals surface area contributed by atoms with Gasteiger partial charge in [0.15, 0.2) is 0 Å². The van der Waals surface area contributed by atoms with Gasteiger partial charge < -0.3 is 14.8 Å². The van der Waals surface area contributed by atoms with Crippen LogP contribution in [0.3, 0.4) is 0 Å². The maximum Gasteiger partial charge on any atom is 0.387 e. The predicted octanol–water partition coefficient (Wildman–Crippen LogP) is 5.04. The summed E-state index contributed by atoms with van der Waals surface area (Å²) >= 11 is 0. The smallest absolute Gasteiger partial charge is 0.387 e. The monoisotopic (exact) mass is 576 g/mol. The first kappa shape index (κ1) is 29.5. The zero-order valence-corrected chi connectivity index (χ0v) is 23.4. The van der Waals surface area contributed by atoms with Crippen LogP contribution in [-0.4, -0.2) is 38.7 Å². The molecule has 1 saturated carbocycles. The predicted molar refractivity (Wildman–Crippen MR) is 146 cm³/mol. The molecule has 0 bridgehead atoms. The average Bonchev–Trinajstić information content (AvgIpc) is 3.75. The Bertz CT molecular complexity index is 1360. The normalized spacial score (nSPS) is 19.4. The van der Waals surface area contributed by atoms with Crippen LogP contribution in [0, 0.1) is 0 Å². The highest BCUT2D eigenvalue weighted by Gasteiger charge is 2.43. The molecule has 0 aromatic heterocycles. The van der Waals surface area contributed by atoms with E-state index in [0.29, 0.717) is 30.8 Å². The fourth-order valence-corrected chi connectivity index (χ4v) is 6.00. The molecule has 1 atom stereocenters. The molecule has 2 aromatic carbocycles. The number of sulfonamides is 1. The summed E-state index contributed by atoms with van der Waals surface area (Å²) in [5, 5.41) is 2.22. The molecule has 0 unspecified atom stereocenters. The molecule has 40 heavy (non-hydrogen) atoms. The molecule has 1 aliphatic carbocycles. The summed E-state index contributed by atoms with van der Waals surface area (Å²) in [6.07, 6.45) is 5.39. The third-order valence-electron chi connectivity index (χ3n) is 7.06. The van der Waals surface area contributed by atoms with Crippen molar-refractivity contribution in [2.75, 3.05) is 6.61 Å². The first-order valence-corrected chi connectivity index (χ1v) is 15.0. The minimum Gasteiger partial charge on any atom is -0.494 e. The number of hydrogen-bond acceptors (Lipinski definition) is 6. The Kier molecular flexibility index (Phi) is 9.12. The summed E-state index contributed by atoms with van der Waals surface area (Å²) in [5.41, 5.74) is 0.151. The Balaban J connectivity index is 1.62. The number of carbonyl (C=O) groups excluding carboxylic acids is 2. The van der Waals surface area contributed by atoms with Gasteiger partial charge in [0.1, 0.15) is 17.1 Å². The number of unbranched alkanes of at least 4 members (excludes halogenated alkanes) is 3. The van der Waals surface area contributed by atoms with Gasteiger partial charge >= 0.3 is 6.61 Å². The molecule has 11 heteroatoms. The number of hydrogen-bond donors (Lipinski definition) is 2. The largest absolute Gasteiger partial charge is 0.494 e. The van der Waals surface area contributed by atoms with Crippen LogP contribution in [0.15, 0.2) is 54.1 Å². The van der Waals surface area contributed by atoms with Gasteiger partial charge in [-0.05, 0) is 67.2 Å². The molecule has 2 aromatic rings. The van der Waals surface area contributed by atoms with Crippen LogP contribution >= 0.6 is 0 Å². The average molecular weight is 577 g/mol. The number of alkyl halides is 2. The van der Waals surface area contributed by atoms with Crippen LogP contribution in [0.25, 0.3) is 5.57 Å². The van der Waals surface area contributed by atoms with E-state index >= 15 is 0 Å². The molecule has 0 radical (unpaired) electrons. The first-order chi connectivity index (χ1) is 19.0. The second-order valence-corrected chi connectivity index (χ2v) is 12.3. The number of carbonyl (C=O) groups is 2. The molecule has 2 amide bonds. The quantitative estimate of drug-likeness (QED) is 0.255. The summed E-state index contributed by atoms with van der Waals surface area (Å²) in [4.78, 5) is 26.6. The Morgan fingerprint density at radius 2 is 1.70 bits per heavy atom. The minimum absolute atomic E-state index is 0.0880. The highest BCUT2D eigenvalue weighted by molar-refractivity contribution is 7.91. The van der Waals surface area contributed by atoms with Gasteiger partial charge in [0.25, 0.3) is 11.8 Å². The van der Waals surface area contributed by atoms with Crippen LogP contribution < -0.4 is 19.5 Å². The second kappa shape index (κ2) is 12.4. The van der Waals surface area contributed by atoms with Crippen LogP contribution in [0.4, 0.5) is 8.78 Å². The summed E-state index contributed by atoms with van der Waals surface area (Å²) in [6, 6.07) is 12.8. The third-order valence-corrected chi connectivity index (χ3v) is 8.88. The van der Waals surface area contributed by atoms with E-state index in [0.717, 1.165) is 31.2 Å². The van der Waals surface area contributed by atoms with E-state index in [9.17, 15) is 26.8 Å². The number of nitrogens with one attached hydrogen (secondary N) is 2. The molecule has 216 valence electrons. The van der Waals surface area contributed by atoms with Gasteiger partial charge in [-0.1, -0.05) is 50.5 Å². The molecule has 0 saturated heterocycles. The van der Waals surface area contributed by atoms with Crippen molar-refractivity contribution >= 4 is 27.4 Å². The van der Waals surface area contributed by atoms with Crippen molar-refractivity contribution in [3.8, 4) is 11.5 Å². The standard InChI is InChI=1S/C29H34F2N2O6S/c1-3-4-5-6-17-38-21-13-9-20(10-14-21)29(2)18-24(19-7-11-22(12-8-19)39-28(30)31)25(26(34)32-29)27(35)33-40(36,37)23-15-16-23/h7-14,23,28H,3-6,15-18H2,1-2H3,(H,32,34)(H,33,35)/t29-/m0/s1. The van der Waals surface area contributed by atoms with E-state index < -0.39 is 39.2 Å². The lowest BCUT2D eigenvalue weighted by Gasteiger charge is -2.37. The summed E-state index contributed by atoms with van der Waals surface area (Å²) in [7, 11) is -3.91. The van der Waals surface area contributed by atoms with E-state index in [-0.39, 0.29) is 23.3 Å². The first-order valence-electron chi connectivity index (χ1n) is 13.4. The minimum atomic E-state index is -3.91. The lowest BCUT2D eigenvalue weighted by molar-refractivity contribution is -0.124. The van der Waals surface area contributed by atoms with E-state index in [2.05, 4.69) is 17.0 Å². The number of ether oxygens (including phenoxy) is 2. The maximum atomic E-state index is 13.4. The number of halogens is 2. The Labute approximate surface area is 233 Å². The lowest BCUT2D eigenvalue weighted by Crippen LogP contribution is -2.50. The Morgan fingerprint density at radius 3 is 2.30 bits per heavy atom. The summed E-state index contributed by atoms with van der Waals surface area (Å²) in [6.45, 7) is 1.54. The van der Waals surface area contributed by atoms with Gasteiger partial charge in [-0.15, -0.1) is 0 Å². The van der Waals surface area contributed by atoms with Crippen LogP contribution in [-0.2, 0) is 25.2 Å². The van der Waals surface area contributed by atoms with Crippen molar-refractivity contribution in [2.24, 2.45) is 0 Å². The number of benzene rings is 2. The van der Waals surface area contributed by atoms with Gasteiger partial charge in [-0.2, -0.15) is 8.78 Å². The molecule has 1 heterocycles. The summed E-state index contributed by atoms with van der Waals surface area (Å²) in [5.74, 6) is -1.16. The SMILES string of the molecule is CCCCCCOc1ccc([C@]2(C)CC(c3ccc(OC(F)F)cc3)=C(C(=O)NS(=O)(=O)C3CC3)C(=O)N2)cc1. The molecule has 1 aliphatic heterocycles. The van der Waals surface area contributed by atoms with Crippen molar-refractivity contribution < 1.29 is 36.3 Å². The lowest BCUT2D eigenvalue weighted by atomic mass is 9.78. The van der Waals surface area contributed by atoms with E-state index in [1.54, 1.807) is 6.92 Å². The zero-order valence-electron chi connectivity index (χ0n) is 22.5. The molecular formula is C29H34F2N2O6S. The van der Waals surface area contributed by atoms with Crippen molar-refractivity contribution in [2.45, 2.75) is 76.2 Å². The molecule has 8 nitrogen and oxygen atoms in total. The molecule has 4 rings (SSSR count).